The highest BCUT2D eigenvalue weighted by Gasteiger charge is 2.03. The van der Waals surface area contributed by atoms with Crippen LogP contribution < -0.4 is 10.6 Å². The van der Waals surface area contributed by atoms with Crippen LogP contribution in [0.3, 0.4) is 0 Å². The third kappa shape index (κ3) is 9.18. The number of hydrogen-bond donors (Lipinski definition) is 2. The van der Waals surface area contributed by atoms with E-state index < -0.39 is 0 Å². The quantitative estimate of drug-likeness (QED) is 0.197. The smallest absolute Gasteiger partial charge is 0.248 e. The molecule has 0 unspecified atom stereocenters. The SMILES string of the molecule is CC(C)c1ccc(C=CC(=O)Nc2ccc(Cc3ccc(NC(=O)C=Cc4ccc(C(C)C)cc4)cc3)cc2)cc1. The van der Waals surface area contributed by atoms with Crippen molar-refractivity contribution in [1.82, 2.24) is 0 Å². The first-order chi connectivity index (χ1) is 19.7. The van der Waals surface area contributed by atoms with Gasteiger partial charge in [0.2, 0.25) is 11.8 Å². The third-order valence-electron chi connectivity index (χ3n) is 6.91. The first kappa shape index (κ1) is 29.3. The number of carbonyl (C=O) groups excluding carboxylic acids is 2. The van der Waals surface area contributed by atoms with Crippen LogP contribution in [0.4, 0.5) is 11.4 Å². The van der Waals surface area contributed by atoms with E-state index in [-0.39, 0.29) is 11.8 Å². The van der Waals surface area contributed by atoms with Gasteiger partial charge in [0.15, 0.2) is 0 Å². The molecule has 0 fully saturated rings. The maximum Gasteiger partial charge on any atom is 0.248 e. The van der Waals surface area contributed by atoms with E-state index in [0.29, 0.717) is 11.8 Å². The molecular weight excluding hydrogens is 504 g/mol. The normalized spacial score (nSPS) is 11.5. The van der Waals surface area contributed by atoms with Crippen molar-refractivity contribution in [2.24, 2.45) is 0 Å². The van der Waals surface area contributed by atoms with Crippen LogP contribution >= 0.6 is 0 Å². The zero-order chi connectivity index (χ0) is 29.2. The summed E-state index contributed by atoms with van der Waals surface area (Å²) in [5, 5.41) is 5.83. The van der Waals surface area contributed by atoms with Gasteiger partial charge in [0, 0.05) is 23.5 Å². The van der Waals surface area contributed by atoms with Crippen LogP contribution in [0.15, 0.2) is 109 Å². The van der Waals surface area contributed by atoms with E-state index in [9.17, 15) is 9.59 Å². The second-order valence-corrected chi connectivity index (χ2v) is 10.9. The van der Waals surface area contributed by atoms with Crippen LogP contribution in [-0.2, 0) is 16.0 Å². The fraction of sp³-hybridized carbons (Fsp3) is 0.189. The van der Waals surface area contributed by atoms with Gasteiger partial charge in [-0.2, -0.15) is 0 Å². The zero-order valence-corrected chi connectivity index (χ0v) is 24.2. The molecule has 0 aliphatic heterocycles. The predicted octanol–water partition coefficient (Wildman–Crippen LogP) is 8.83. The number of rotatable bonds is 10. The number of hydrogen-bond acceptors (Lipinski definition) is 2. The minimum absolute atomic E-state index is 0.165. The van der Waals surface area contributed by atoms with E-state index >= 15 is 0 Å². The Morgan fingerprint density at radius 1 is 0.537 bits per heavy atom. The minimum atomic E-state index is -0.165. The number of benzene rings is 4. The Balaban J connectivity index is 1.24. The summed E-state index contributed by atoms with van der Waals surface area (Å²) in [6.07, 6.45) is 7.50. The van der Waals surface area contributed by atoms with Crippen LogP contribution in [0.2, 0.25) is 0 Å². The highest BCUT2D eigenvalue weighted by Crippen LogP contribution is 2.18. The van der Waals surface area contributed by atoms with Gasteiger partial charge in [-0.15, -0.1) is 0 Å². The van der Waals surface area contributed by atoms with E-state index in [1.807, 2.05) is 84.9 Å². The summed E-state index contributed by atoms with van der Waals surface area (Å²) in [5.41, 5.74) is 8.31. The van der Waals surface area contributed by atoms with Gasteiger partial charge in [-0.25, -0.2) is 0 Å². The highest BCUT2D eigenvalue weighted by molar-refractivity contribution is 6.02. The van der Waals surface area contributed by atoms with Gasteiger partial charge in [0.1, 0.15) is 0 Å². The maximum absolute atomic E-state index is 12.4. The average molecular weight is 543 g/mol. The zero-order valence-electron chi connectivity index (χ0n) is 24.2. The van der Waals surface area contributed by atoms with E-state index in [0.717, 1.165) is 40.0 Å². The van der Waals surface area contributed by atoms with Crippen molar-refractivity contribution in [2.75, 3.05) is 10.6 Å². The second kappa shape index (κ2) is 14.1. The molecule has 0 aliphatic rings. The standard InChI is InChI=1S/C37H38N2O2/c1-26(2)32-15-5-28(6-16-32)13-23-36(40)38-34-19-9-30(10-20-34)25-31-11-21-35(22-12-31)39-37(41)24-14-29-7-17-33(18-8-29)27(3)4/h5-24,26-27H,25H2,1-4H3,(H,38,40)(H,39,41). The number of nitrogens with one attached hydrogen (secondary N) is 2. The molecule has 0 saturated carbocycles. The van der Waals surface area contributed by atoms with Crippen molar-refractivity contribution >= 4 is 35.3 Å². The van der Waals surface area contributed by atoms with Crippen molar-refractivity contribution < 1.29 is 9.59 Å². The van der Waals surface area contributed by atoms with Crippen LogP contribution in [-0.4, -0.2) is 11.8 Å². The summed E-state index contributed by atoms with van der Waals surface area (Å²) in [6.45, 7) is 8.65. The molecule has 4 nitrogen and oxygen atoms in total. The van der Waals surface area contributed by atoms with Gasteiger partial charge < -0.3 is 10.6 Å². The highest BCUT2D eigenvalue weighted by atomic mass is 16.2. The van der Waals surface area contributed by atoms with Gasteiger partial charge in [0.25, 0.3) is 0 Å². The van der Waals surface area contributed by atoms with E-state index in [1.165, 1.54) is 11.1 Å². The summed E-state index contributed by atoms with van der Waals surface area (Å²) in [5.74, 6) is 0.639. The molecule has 0 spiro atoms. The Morgan fingerprint density at radius 3 is 1.20 bits per heavy atom. The molecule has 0 atom stereocenters. The lowest BCUT2D eigenvalue weighted by atomic mass is 10.0. The molecule has 208 valence electrons. The van der Waals surface area contributed by atoms with Crippen LogP contribution in [0.25, 0.3) is 12.2 Å². The Kier molecular flexibility index (Phi) is 10.1. The lowest BCUT2D eigenvalue weighted by Gasteiger charge is -2.07. The van der Waals surface area contributed by atoms with Crippen molar-refractivity contribution in [1.29, 1.82) is 0 Å². The Labute approximate surface area is 243 Å². The van der Waals surface area contributed by atoms with Gasteiger partial charge in [-0.1, -0.05) is 100 Å². The topological polar surface area (TPSA) is 58.2 Å². The van der Waals surface area contributed by atoms with Gasteiger partial charge >= 0.3 is 0 Å². The van der Waals surface area contributed by atoms with Crippen molar-refractivity contribution in [3.8, 4) is 0 Å². The molecule has 4 rings (SSSR count). The van der Waals surface area contributed by atoms with Gasteiger partial charge in [-0.05, 0) is 88.1 Å². The van der Waals surface area contributed by atoms with Crippen molar-refractivity contribution in [2.45, 2.75) is 46.0 Å². The summed E-state index contributed by atoms with van der Waals surface area (Å²) >= 11 is 0. The lowest BCUT2D eigenvalue weighted by molar-refractivity contribution is -0.112. The fourth-order valence-corrected chi connectivity index (χ4v) is 4.34. The summed E-state index contributed by atoms with van der Waals surface area (Å²) in [6, 6.07) is 32.2. The van der Waals surface area contributed by atoms with Gasteiger partial charge in [-0.3, -0.25) is 9.59 Å². The molecule has 4 aromatic carbocycles. The van der Waals surface area contributed by atoms with Crippen molar-refractivity contribution in [3.63, 3.8) is 0 Å². The third-order valence-corrected chi connectivity index (χ3v) is 6.91. The number of anilines is 2. The largest absolute Gasteiger partial charge is 0.323 e. The van der Waals surface area contributed by atoms with Gasteiger partial charge in [0.05, 0.1) is 0 Å². The van der Waals surface area contributed by atoms with Crippen LogP contribution in [0.1, 0.15) is 72.9 Å². The molecule has 4 aromatic rings. The summed E-state index contributed by atoms with van der Waals surface area (Å²) < 4.78 is 0. The first-order valence-electron chi connectivity index (χ1n) is 14.1. The molecule has 0 aromatic heterocycles. The summed E-state index contributed by atoms with van der Waals surface area (Å²) in [4.78, 5) is 24.7. The van der Waals surface area contributed by atoms with Crippen molar-refractivity contribution in [3.05, 3.63) is 143 Å². The van der Waals surface area contributed by atoms with E-state index in [4.69, 9.17) is 0 Å². The van der Waals surface area contributed by atoms with E-state index in [1.54, 1.807) is 12.2 Å². The molecular formula is C37H38N2O2. The minimum Gasteiger partial charge on any atom is -0.323 e. The maximum atomic E-state index is 12.4. The Hall–Kier alpha value is -4.70. The molecule has 0 bridgehead atoms. The Morgan fingerprint density at radius 2 is 0.878 bits per heavy atom. The molecule has 4 heteroatoms. The molecule has 2 N–H and O–H groups in total. The number of amides is 2. The fourth-order valence-electron chi connectivity index (χ4n) is 4.34. The molecule has 0 aliphatic carbocycles. The summed E-state index contributed by atoms with van der Waals surface area (Å²) in [7, 11) is 0. The molecule has 0 radical (unpaired) electrons. The molecule has 2 amide bonds. The first-order valence-corrected chi connectivity index (χ1v) is 14.1. The molecule has 41 heavy (non-hydrogen) atoms. The second-order valence-electron chi connectivity index (χ2n) is 10.9. The lowest BCUT2D eigenvalue weighted by Crippen LogP contribution is -2.08. The van der Waals surface area contributed by atoms with Crippen LogP contribution in [0, 0.1) is 0 Å². The average Bonchev–Trinajstić information content (AvgIpc) is 2.97. The monoisotopic (exact) mass is 542 g/mol. The molecule has 0 heterocycles. The Bertz CT molecular complexity index is 1380. The predicted molar refractivity (Wildman–Crippen MR) is 172 cm³/mol. The van der Waals surface area contributed by atoms with Crippen LogP contribution in [0.5, 0.6) is 0 Å². The number of carbonyl (C=O) groups is 2. The van der Waals surface area contributed by atoms with E-state index in [2.05, 4.69) is 62.6 Å². The molecule has 0 saturated heterocycles.